The molecule has 1 N–H and O–H groups in total. The number of nitrogens with one attached hydrogen (secondary N) is 1. The van der Waals surface area contributed by atoms with Crippen LogP contribution in [0.1, 0.15) is 5.56 Å². The molecule has 0 radical (unpaired) electrons. The van der Waals surface area contributed by atoms with Crippen LogP contribution in [0.2, 0.25) is 0 Å². The Morgan fingerprint density at radius 3 is 2.54 bits per heavy atom. The Balaban J connectivity index is 1.49. The van der Waals surface area contributed by atoms with Gasteiger partial charge >= 0.3 is 5.97 Å². The summed E-state index contributed by atoms with van der Waals surface area (Å²) in [6, 6.07) is 8.01. The van der Waals surface area contributed by atoms with Gasteiger partial charge in [0.1, 0.15) is 13.2 Å². The van der Waals surface area contributed by atoms with Gasteiger partial charge in [0.05, 0.1) is 6.42 Å². The average Bonchev–Trinajstić information content (AvgIpc) is 2.63. The van der Waals surface area contributed by atoms with Crippen molar-refractivity contribution in [1.82, 2.24) is 0 Å². The number of anilines is 1. The highest BCUT2D eigenvalue weighted by atomic mass is 19.2. The molecule has 2 aromatic carbocycles. The van der Waals surface area contributed by atoms with Crippen molar-refractivity contribution < 1.29 is 32.6 Å². The third-order valence-electron chi connectivity index (χ3n) is 3.52. The Morgan fingerprint density at radius 1 is 1.00 bits per heavy atom. The number of carbonyl (C=O) groups is 2. The SMILES string of the molecule is O=C(COC(=O)Cc1ccc2c(c1)OCCO2)Nc1ccc(F)c(F)c1. The summed E-state index contributed by atoms with van der Waals surface area (Å²) in [5, 5.41) is 2.31. The fourth-order valence-electron chi connectivity index (χ4n) is 2.33. The number of hydrogen-bond donors (Lipinski definition) is 1. The second kappa shape index (κ2) is 7.81. The summed E-state index contributed by atoms with van der Waals surface area (Å²) in [5.41, 5.74) is 0.719. The zero-order valence-electron chi connectivity index (χ0n) is 13.6. The van der Waals surface area contributed by atoms with Gasteiger partial charge in [0, 0.05) is 11.8 Å². The molecule has 0 atom stereocenters. The Bertz CT molecular complexity index is 840. The van der Waals surface area contributed by atoms with Crippen molar-refractivity contribution in [2.75, 3.05) is 25.1 Å². The third kappa shape index (κ3) is 4.47. The van der Waals surface area contributed by atoms with Gasteiger partial charge in [-0.3, -0.25) is 9.59 Å². The van der Waals surface area contributed by atoms with E-state index >= 15 is 0 Å². The highest BCUT2D eigenvalue weighted by Gasteiger charge is 2.14. The van der Waals surface area contributed by atoms with Crippen molar-refractivity contribution in [3.8, 4) is 11.5 Å². The van der Waals surface area contributed by atoms with Crippen LogP contribution in [-0.4, -0.2) is 31.7 Å². The summed E-state index contributed by atoms with van der Waals surface area (Å²) >= 11 is 0. The van der Waals surface area contributed by atoms with E-state index in [4.69, 9.17) is 14.2 Å². The molecule has 6 nitrogen and oxygen atoms in total. The minimum atomic E-state index is -1.08. The zero-order valence-corrected chi connectivity index (χ0v) is 13.6. The lowest BCUT2D eigenvalue weighted by atomic mass is 10.1. The third-order valence-corrected chi connectivity index (χ3v) is 3.52. The largest absolute Gasteiger partial charge is 0.486 e. The van der Waals surface area contributed by atoms with Crippen molar-refractivity contribution in [2.24, 2.45) is 0 Å². The van der Waals surface area contributed by atoms with E-state index < -0.39 is 30.1 Å². The molecule has 0 fully saturated rings. The molecule has 1 aliphatic heterocycles. The van der Waals surface area contributed by atoms with E-state index in [-0.39, 0.29) is 12.1 Å². The van der Waals surface area contributed by atoms with E-state index in [1.165, 1.54) is 6.07 Å². The number of esters is 1. The van der Waals surface area contributed by atoms with Gasteiger partial charge in [-0.1, -0.05) is 6.07 Å². The highest BCUT2D eigenvalue weighted by molar-refractivity contribution is 5.92. The van der Waals surface area contributed by atoms with Crippen LogP contribution >= 0.6 is 0 Å². The summed E-state index contributed by atoms with van der Waals surface area (Å²) in [7, 11) is 0. The topological polar surface area (TPSA) is 73.9 Å². The van der Waals surface area contributed by atoms with Crippen LogP contribution < -0.4 is 14.8 Å². The van der Waals surface area contributed by atoms with Gasteiger partial charge in [-0.15, -0.1) is 0 Å². The van der Waals surface area contributed by atoms with Crippen LogP contribution in [0.4, 0.5) is 14.5 Å². The minimum Gasteiger partial charge on any atom is -0.486 e. The molecule has 0 saturated carbocycles. The van der Waals surface area contributed by atoms with Gasteiger partial charge in [0.25, 0.3) is 5.91 Å². The van der Waals surface area contributed by atoms with Gasteiger partial charge in [-0.25, -0.2) is 8.78 Å². The van der Waals surface area contributed by atoms with Crippen molar-refractivity contribution >= 4 is 17.6 Å². The Hall–Kier alpha value is -3.16. The van der Waals surface area contributed by atoms with E-state index in [1.54, 1.807) is 18.2 Å². The lowest BCUT2D eigenvalue weighted by Gasteiger charge is -2.18. The molecule has 136 valence electrons. The molecule has 1 aliphatic rings. The number of benzene rings is 2. The zero-order chi connectivity index (χ0) is 18.5. The number of rotatable bonds is 5. The van der Waals surface area contributed by atoms with Crippen LogP contribution in [0.5, 0.6) is 11.5 Å². The van der Waals surface area contributed by atoms with Gasteiger partial charge in [0.15, 0.2) is 29.7 Å². The summed E-state index contributed by atoms with van der Waals surface area (Å²) in [6.07, 6.45) is -0.0465. The standard InChI is InChI=1S/C18H15F2NO5/c19-13-3-2-12(9-14(13)20)21-17(22)10-26-18(23)8-11-1-4-15-16(7-11)25-6-5-24-15/h1-4,7,9H,5-6,8,10H2,(H,21,22). The first-order chi connectivity index (χ1) is 12.5. The Labute approximate surface area is 147 Å². The average molecular weight is 363 g/mol. The van der Waals surface area contributed by atoms with Crippen LogP contribution in [0.25, 0.3) is 0 Å². The van der Waals surface area contributed by atoms with E-state index in [9.17, 15) is 18.4 Å². The lowest BCUT2D eigenvalue weighted by Crippen LogP contribution is -2.22. The van der Waals surface area contributed by atoms with Crippen LogP contribution in [0, 0.1) is 11.6 Å². The van der Waals surface area contributed by atoms with Crippen molar-refractivity contribution in [1.29, 1.82) is 0 Å². The quantitative estimate of drug-likeness (QED) is 0.826. The van der Waals surface area contributed by atoms with Crippen LogP contribution in [0.15, 0.2) is 36.4 Å². The Kier molecular flexibility index (Phi) is 5.31. The second-order valence-corrected chi connectivity index (χ2v) is 5.49. The summed E-state index contributed by atoms with van der Waals surface area (Å²) in [6.45, 7) is 0.370. The molecule has 0 bridgehead atoms. The maximum absolute atomic E-state index is 13.1. The molecular formula is C18H15F2NO5. The number of halogens is 2. The lowest BCUT2D eigenvalue weighted by molar-refractivity contribution is -0.146. The van der Waals surface area contributed by atoms with Gasteiger partial charge in [0.2, 0.25) is 0 Å². The number of amides is 1. The maximum Gasteiger partial charge on any atom is 0.310 e. The monoisotopic (exact) mass is 363 g/mol. The molecule has 1 heterocycles. The molecule has 2 aromatic rings. The molecule has 26 heavy (non-hydrogen) atoms. The van der Waals surface area contributed by atoms with Crippen molar-refractivity contribution in [3.63, 3.8) is 0 Å². The predicted octanol–water partition coefficient (Wildman–Crippen LogP) is 2.46. The molecule has 0 aromatic heterocycles. The number of carbonyl (C=O) groups excluding carboxylic acids is 2. The molecule has 0 unspecified atom stereocenters. The normalized spacial score (nSPS) is 12.4. The van der Waals surface area contributed by atoms with Gasteiger partial charge in [-0.05, 0) is 29.8 Å². The fraction of sp³-hybridized carbons (Fsp3) is 0.222. The number of fused-ring (bicyclic) bond motifs is 1. The van der Waals surface area contributed by atoms with E-state index in [0.717, 1.165) is 12.1 Å². The van der Waals surface area contributed by atoms with E-state index in [2.05, 4.69) is 5.32 Å². The summed E-state index contributed by atoms with van der Waals surface area (Å²) < 4.78 is 41.6. The molecule has 8 heteroatoms. The first-order valence-corrected chi connectivity index (χ1v) is 7.80. The Morgan fingerprint density at radius 2 is 1.77 bits per heavy atom. The fourth-order valence-corrected chi connectivity index (χ4v) is 2.33. The van der Waals surface area contributed by atoms with Crippen molar-refractivity contribution in [3.05, 3.63) is 53.6 Å². The first kappa shape index (κ1) is 17.7. The van der Waals surface area contributed by atoms with Crippen LogP contribution in [0.3, 0.4) is 0 Å². The van der Waals surface area contributed by atoms with E-state index in [1.807, 2.05) is 0 Å². The van der Waals surface area contributed by atoms with Crippen molar-refractivity contribution in [2.45, 2.75) is 6.42 Å². The predicted molar refractivity (Wildman–Crippen MR) is 87.1 cm³/mol. The second-order valence-electron chi connectivity index (χ2n) is 5.49. The molecular weight excluding hydrogens is 348 g/mol. The van der Waals surface area contributed by atoms with Crippen LogP contribution in [-0.2, 0) is 20.7 Å². The molecule has 0 aliphatic carbocycles. The highest BCUT2D eigenvalue weighted by Crippen LogP contribution is 2.30. The smallest absolute Gasteiger partial charge is 0.310 e. The molecule has 0 spiro atoms. The summed E-state index contributed by atoms with van der Waals surface area (Å²) in [4.78, 5) is 23.6. The maximum atomic E-state index is 13.1. The molecule has 0 saturated heterocycles. The summed E-state index contributed by atoms with van der Waals surface area (Å²) in [5.74, 6) is -2.21. The minimum absolute atomic E-state index is 0.0465. The number of hydrogen-bond acceptors (Lipinski definition) is 5. The number of ether oxygens (including phenoxy) is 3. The van der Waals surface area contributed by atoms with Gasteiger partial charge in [-0.2, -0.15) is 0 Å². The van der Waals surface area contributed by atoms with Gasteiger partial charge < -0.3 is 19.5 Å². The molecule has 3 rings (SSSR count). The molecule has 1 amide bonds. The van der Waals surface area contributed by atoms with E-state index in [0.29, 0.717) is 30.3 Å². The first-order valence-electron chi connectivity index (χ1n) is 7.80.